The first-order chi connectivity index (χ1) is 16.6. The number of carbonyl (C=O) groups excluding carboxylic acids is 1. The predicted molar refractivity (Wildman–Crippen MR) is 128 cm³/mol. The first kappa shape index (κ1) is 22.3. The Balaban J connectivity index is 1.37. The van der Waals surface area contributed by atoms with Gasteiger partial charge in [-0.1, -0.05) is 19.3 Å². The van der Waals surface area contributed by atoms with Gasteiger partial charge in [0.05, 0.1) is 11.3 Å². The van der Waals surface area contributed by atoms with Crippen molar-refractivity contribution in [3.63, 3.8) is 0 Å². The molecule has 2 aliphatic carbocycles. The van der Waals surface area contributed by atoms with Crippen LogP contribution in [-0.2, 0) is 4.79 Å². The van der Waals surface area contributed by atoms with Gasteiger partial charge in [0.15, 0.2) is 11.6 Å². The maximum absolute atomic E-state index is 15.0. The zero-order valence-corrected chi connectivity index (χ0v) is 19.2. The standard InChI is InChI=1S/C26H28FN5O2/c1-16-14-19(30-24(33)17-9-10-17)15-21(27)23(16)34-25-20(8-5-12-28-25)22-11-13-29-26(32-22)31-18-6-3-2-4-7-18/h5,8,11-15,17-18H,2-4,6-7,9-10H2,1H3,(H,30,33)(H,29,31,32). The zero-order chi connectivity index (χ0) is 23.5. The fraction of sp³-hybridized carbons (Fsp3) is 0.385. The van der Waals surface area contributed by atoms with E-state index in [-0.39, 0.29) is 23.5 Å². The van der Waals surface area contributed by atoms with Crippen LogP contribution >= 0.6 is 0 Å². The van der Waals surface area contributed by atoms with Crippen LogP contribution in [0.3, 0.4) is 0 Å². The molecule has 7 nitrogen and oxygen atoms in total. The Morgan fingerprint density at radius 3 is 2.65 bits per heavy atom. The molecule has 0 spiro atoms. The van der Waals surface area contributed by atoms with Gasteiger partial charge in [0.2, 0.25) is 17.7 Å². The van der Waals surface area contributed by atoms with Crippen LogP contribution < -0.4 is 15.4 Å². The number of nitrogens with zero attached hydrogens (tertiary/aromatic N) is 3. The fourth-order valence-electron chi connectivity index (χ4n) is 4.29. The average molecular weight is 462 g/mol. The second-order valence-corrected chi connectivity index (χ2v) is 9.07. The third kappa shape index (κ3) is 5.16. The van der Waals surface area contributed by atoms with Gasteiger partial charge in [0.25, 0.3) is 0 Å². The number of rotatable bonds is 7. The predicted octanol–water partition coefficient (Wildman–Crippen LogP) is 5.87. The quantitative estimate of drug-likeness (QED) is 0.457. The van der Waals surface area contributed by atoms with E-state index in [0.29, 0.717) is 34.5 Å². The van der Waals surface area contributed by atoms with Gasteiger partial charge >= 0.3 is 0 Å². The van der Waals surface area contributed by atoms with E-state index in [9.17, 15) is 9.18 Å². The van der Waals surface area contributed by atoms with Crippen molar-refractivity contribution in [3.05, 3.63) is 54.1 Å². The number of nitrogens with one attached hydrogen (secondary N) is 2. The number of pyridine rings is 1. The summed E-state index contributed by atoms with van der Waals surface area (Å²) in [4.78, 5) is 25.4. The molecule has 2 N–H and O–H groups in total. The molecule has 0 unspecified atom stereocenters. The summed E-state index contributed by atoms with van der Waals surface area (Å²) in [5.41, 5.74) is 2.27. The van der Waals surface area contributed by atoms with Crippen LogP contribution in [-0.4, -0.2) is 26.9 Å². The second kappa shape index (κ2) is 9.75. The lowest BCUT2D eigenvalue weighted by molar-refractivity contribution is -0.117. The minimum Gasteiger partial charge on any atom is -0.435 e. The summed E-state index contributed by atoms with van der Waals surface area (Å²) >= 11 is 0. The maximum atomic E-state index is 15.0. The second-order valence-electron chi connectivity index (χ2n) is 9.07. The summed E-state index contributed by atoms with van der Waals surface area (Å²) in [5, 5.41) is 6.21. The molecule has 176 valence electrons. The van der Waals surface area contributed by atoms with E-state index in [1.54, 1.807) is 37.5 Å². The lowest BCUT2D eigenvalue weighted by Crippen LogP contribution is -2.23. The molecular weight excluding hydrogens is 433 g/mol. The van der Waals surface area contributed by atoms with Crippen LogP contribution in [0.15, 0.2) is 42.7 Å². The molecule has 0 saturated heterocycles. The van der Waals surface area contributed by atoms with Gasteiger partial charge in [-0.15, -0.1) is 0 Å². The van der Waals surface area contributed by atoms with Gasteiger partial charge in [0.1, 0.15) is 0 Å². The zero-order valence-electron chi connectivity index (χ0n) is 19.2. The van der Waals surface area contributed by atoms with Crippen molar-refractivity contribution in [1.29, 1.82) is 0 Å². The lowest BCUT2D eigenvalue weighted by Gasteiger charge is -2.22. The van der Waals surface area contributed by atoms with E-state index in [1.807, 2.05) is 6.07 Å². The SMILES string of the molecule is Cc1cc(NC(=O)C2CC2)cc(F)c1Oc1ncccc1-c1ccnc(NC2CCCCC2)n1. The lowest BCUT2D eigenvalue weighted by atomic mass is 9.96. The smallest absolute Gasteiger partial charge is 0.228 e. The first-order valence-electron chi connectivity index (χ1n) is 11.9. The molecule has 1 amide bonds. The van der Waals surface area contributed by atoms with Crippen LogP contribution in [0.2, 0.25) is 0 Å². The topological polar surface area (TPSA) is 89.0 Å². The summed E-state index contributed by atoms with van der Waals surface area (Å²) in [6.45, 7) is 1.74. The minimum atomic E-state index is -0.565. The molecule has 2 heterocycles. The highest BCUT2D eigenvalue weighted by atomic mass is 19.1. The molecule has 0 atom stereocenters. The number of halogens is 1. The third-order valence-electron chi connectivity index (χ3n) is 6.28. The number of aromatic nitrogens is 3. The molecule has 3 aromatic rings. The molecule has 1 aromatic carbocycles. The van der Waals surface area contributed by atoms with Crippen LogP contribution in [0.4, 0.5) is 16.0 Å². The van der Waals surface area contributed by atoms with Gasteiger partial charge in [-0.2, -0.15) is 0 Å². The number of benzene rings is 1. The summed E-state index contributed by atoms with van der Waals surface area (Å²) < 4.78 is 20.9. The van der Waals surface area contributed by atoms with E-state index < -0.39 is 5.82 Å². The number of hydrogen-bond acceptors (Lipinski definition) is 6. The van der Waals surface area contributed by atoms with Crippen molar-refractivity contribution in [3.8, 4) is 22.9 Å². The molecule has 2 fully saturated rings. The van der Waals surface area contributed by atoms with Crippen LogP contribution in [0.1, 0.15) is 50.5 Å². The Morgan fingerprint density at radius 2 is 1.88 bits per heavy atom. The van der Waals surface area contributed by atoms with Crippen molar-refractivity contribution in [1.82, 2.24) is 15.0 Å². The Hall–Kier alpha value is -3.55. The molecule has 0 bridgehead atoms. The van der Waals surface area contributed by atoms with Crippen molar-refractivity contribution < 1.29 is 13.9 Å². The third-order valence-corrected chi connectivity index (χ3v) is 6.28. The number of anilines is 2. The van der Waals surface area contributed by atoms with Gasteiger partial charge in [0, 0.05) is 36.1 Å². The fourth-order valence-corrected chi connectivity index (χ4v) is 4.29. The van der Waals surface area contributed by atoms with Crippen LogP contribution in [0.5, 0.6) is 11.6 Å². The van der Waals surface area contributed by atoms with Crippen molar-refractivity contribution in [2.75, 3.05) is 10.6 Å². The molecule has 0 radical (unpaired) electrons. The Bertz CT molecular complexity index is 1170. The summed E-state index contributed by atoms with van der Waals surface area (Å²) in [7, 11) is 0. The van der Waals surface area contributed by atoms with Gasteiger partial charge < -0.3 is 15.4 Å². The van der Waals surface area contributed by atoms with E-state index in [4.69, 9.17) is 4.74 Å². The maximum Gasteiger partial charge on any atom is 0.228 e. The van der Waals surface area contributed by atoms with Gasteiger partial charge in [-0.3, -0.25) is 4.79 Å². The van der Waals surface area contributed by atoms with Crippen molar-refractivity contribution in [2.24, 2.45) is 5.92 Å². The average Bonchev–Trinajstić information content (AvgIpc) is 3.68. The van der Waals surface area contributed by atoms with E-state index >= 15 is 0 Å². The monoisotopic (exact) mass is 461 g/mol. The largest absolute Gasteiger partial charge is 0.435 e. The van der Waals surface area contributed by atoms with Gasteiger partial charge in [-0.05, 0) is 62.4 Å². The summed E-state index contributed by atoms with van der Waals surface area (Å²) in [6.07, 6.45) is 11.0. The first-order valence-corrected chi connectivity index (χ1v) is 11.9. The highest BCUT2D eigenvalue weighted by Crippen LogP contribution is 2.36. The molecular formula is C26H28FN5O2. The summed E-state index contributed by atoms with van der Waals surface area (Å²) in [6, 6.07) is 8.78. The van der Waals surface area contributed by atoms with E-state index in [2.05, 4.69) is 25.6 Å². The van der Waals surface area contributed by atoms with Crippen LogP contribution in [0, 0.1) is 18.7 Å². The molecule has 2 aromatic heterocycles. The summed E-state index contributed by atoms with van der Waals surface area (Å²) in [5.74, 6) is 0.296. The molecule has 0 aliphatic heterocycles. The van der Waals surface area contributed by atoms with Crippen LogP contribution in [0.25, 0.3) is 11.3 Å². The molecule has 8 heteroatoms. The van der Waals surface area contributed by atoms with Gasteiger partial charge in [-0.25, -0.2) is 19.3 Å². The number of aryl methyl sites for hydroxylation is 1. The van der Waals surface area contributed by atoms with Crippen molar-refractivity contribution >= 4 is 17.5 Å². The molecule has 2 saturated carbocycles. The van der Waals surface area contributed by atoms with E-state index in [0.717, 1.165) is 25.7 Å². The number of ether oxygens (including phenoxy) is 1. The Kier molecular flexibility index (Phi) is 6.38. The normalized spacial score (nSPS) is 16.2. The molecule has 2 aliphatic rings. The highest BCUT2D eigenvalue weighted by molar-refractivity contribution is 5.94. The number of carbonyl (C=O) groups is 1. The Morgan fingerprint density at radius 1 is 1.06 bits per heavy atom. The number of hydrogen-bond donors (Lipinski definition) is 2. The Labute approximate surface area is 198 Å². The molecule has 5 rings (SSSR count). The van der Waals surface area contributed by atoms with Crippen molar-refractivity contribution in [2.45, 2.75) is 57.9 Å². The minimum absolute atomic E-state index is 0.0423. The molecule has 34 heavy (non-hydrogen) atoms. The number of amides is 1. The van der Waals surface area contributed by atoms with E-state index in [1.165, 1.54) is 25.3 Å². The highest BCUT2D eigenvalue weighted by Gasteiger charge is 2.30.